The summed E-state index contributed by atoms with van der Waals surface area (Å²) >= 11 is 11.6. The lowest BCUT2D eigenvalue weighted by atomic mass is 10.3. The topological polar surface area (TPSA) is 43.8 Å². The van der Waals surface area contributed by atoms with Crippen molar-refractivity contribution in [3.63, 3.8) is 0 Å². The molecule has 0 atom stereocenters. The van der Waals surface area contributed by atoms with Crippen LogP contribution in [0.15, 0.2) is 18.2 Å². The minimum atomic E-state index is 0.250. The first kappa shape index (κ1) is 7.71. The van der Waals surface area contributed by atoms with Crippen LogP contribution in [0.3, 0.4) is 0 Å². The summed E-state index contributed by atoms with van der Waals surface area (Å²) in [6, 6.07) is 5.34. The number of hydrogen-bond acceptors (Lipinski definition) is 2. The first-order chi connectivity index (χ1) is 5.70. The van der Waals surface area contributed by atoms with E-state index in [4.69, 9.17) is 29.1 Å². The summed E-state index contributed by atoms with van der Waals surface area (Å²) in [5, 5.41) is 0.554. The second-order valence-corrected chi connectivity index (χ2v) is 3.10. The Hall–Kier alpha value is -0.930. The van der Waals surface area contributed by atoms with Crippen LogP contribution < -0.4 is 5.73 Å². The highest BCUT2D eigenvalue weighted by molar-refractivity contribution is 6.35. The number of anilines is 1. The maximum atomic E-state index is 5.85. The van der Waals surface area contributed by atoms with Crippen molar-refractivity contribution in [1.82, 2.24) is 9.07 Å². The zero-order valence-electron chi connectivity index (χ0n) is 5.96. The van der Waals surface area contributed by atoms with Gasteiger partial charge >= 0.3 is 0 Å². The predicted molar refractivity (Wildman–Crippen MR) is 50.4 cm³/mol. The predicted octanol–water partition coefficient (Wildman–Crippen LogP) is 2.27. The van der Waals surface area contributed by atoms with E-state index in [9.17, 15) is 0 Å². The highest BCUT2D eigenvalue weighted by atomic mass is 35.5. The molecule has 2 aromatic rings. The van der Waals surface area contributed by atoms with Gasteiger partial charge in [0.15, 0.2) is 0 Å². The maximum Gasteiger partial charge on any atom is 0.216 e. The Morgan fingerprint density at radius 1 is 1.42 bits per heavy atom. The van der Waals surface area contributed by atoms with Gasteiger partial charge in [-0.3, -0.25) is 0 Å². The van der Waals surface area contributed by atoms with Crippen molar-refractivity contribution in [2.75, 3.05) is 5.73 Å². The molecule has 0 aliphatic carbocycles. The van der Waals surface area contributed by atoms with Crippen LogP contribution in [-0.4, -0.2) is 9.07 Å². The average Bonchev–Trinajstić information content (AvgIpc) is 2.32. The Morgan fingerprint density at radius 2 is 2.17 bits per heavy atom. The van der Waals surface area contributed by atoms with Gasteiger partial charge in [0.05, 0.1) is 10.5 Å². The van der Waals surface area contributed by atoms with Crippen molar-refractivity contribution in [3.8, 4) is 0 Å². The van der Waals surface area contributed by atoms with E-state index in [-0.39, 0.29) is 5.95 Å². The molecule has 0 saturated heterocycles. The van der Waals surface area contributed by atoms with Gasteiger partial charge in [0, 0.05) is 11.8 Å². The molecule has 5 heteroatoms. The first-order valence-electron chi connectivity index (χ1n) is 3.29. The number of nitrogen functional groups attached to an aromatic ring is 1. The lowest BCUT2D eigenvalue weighted by Gasteiger charge is -1.92. The van der Waals surface area contributed by atoms with Crippen molar-refractivity contribution in [3.05, 3.63) is 23.2 Å². The van der Waals surface area contributed by atoms with E-state index in [1.54, 1.807) is 18.2 Å². The van der Waals surface area contributed by atoms with Gasteiger partial charge in [-0.1, -0.05) is 17.7 Å². The maximum absolute atomic E-state index is 5.85. The Balaban J connectivity index is 2.95. The number of hydrogen-bond donors (Lipinski definition) is 1. The van der Waals surface area contributed by atoms with Gasteiger partial charge in [-0.25, -0.2) is 9.07 Å². The number of nitrogens with zero attached hydrogens (tertiary/aromatic N) is 2. The van der Waals surface area contributed by atoms with E-state index in [1.165, 1.54) is 4.09 Å². The van der Waals surface area contributed by atoms with E-state index < -0.39 is 0 Å². The molecular weight excluding hydrogens is 197 g/mol. The number of rotatable bonds is 0. The molecule has 1 aromatic heterocycles. The highest BCUT2D eigenvalue weighted by Gasteiger charge is 2.07. The molecule has 0 fully saturated rings. The van der Waals surface area contributed by atoms with Crippen molar-refractivity contribution >= 4 is 40.4 Å². The minimum Gasteiger partial charge on any atom is -0.368 e. The molecule has 0 amide bonds. The summed E-state index contributed by atoms with van der Waals surface area (Å²) in [5.74, 6) is 0.250. The number of imidazole rings is 1. The van der Waals surface area contributed by atoms with Crippen molar-refractivity contribution < 1.29 is 0 Å². The van der Waals surface area contributed by atoms with Crippen molar-refractivity contribution in [2.45, 2.75) is 0 Å². The third-order valence-electron chi connectivity index (χ3n) is 1.60. The van der Waals surface area contributed by atoms with Crippen LogP contribution >= 0.6 is 23.4 Å². The molecule has 0 saturated carbocycles. The summed E-state index contributed by atoms with van der Waals surface area (Å²) in [7, 11) is 0. The molecule has 1 heterocycles. The summed E-state index contributed by atoms with van der Waals surface area (Å²) in [6.07, 6.45) is 0. The molecule has 12 heavy (non-hydrogen) atoms. The fourth-order valence-corrected chi connectivity index (χ4v) is 1.44. The summed E-state index contributed by atoms with van der Waals surface area (Å²) < 4.78 is 1.28. The fourth-order valence-electron chi connectivity index (χ4n) is 1.05. The monoisotopic (exact) mass is 201 g/mol. The number of nitrogens with two attached hydrogens (primary N) is 1. The second kappa shape index (κ2) is 2.54. The molecule has 0 aliphatic heterocycles. The normalized spacial score (nSPS) is 10.8. The van der Waals surface area contributed by atoms with Crippen LogP contribution in [0.5, 0.6) is 0 Å². The van der Waals surface area contributed by atoms with E-state index >= 15 is 0 Å². The zero-order chi connectivity index (χ0) is 8.72. The third-order valence-corrected chi connectivity index (χ3v) is 2.26. The quantitative estimate of drug-likeness (QED) is 0.711. The van der Waals surface area contributed by atoms with Crippen molar-refractivity contribution in [2.24, 2.45) is 0 Å². The Labute approximate surface area is 78.8 Å². The van der Waals surface area contributed by atoms with Gasteiger partial charge in [-0.2, -0.15) is 0 Å². The second-order valence-electron chi connectivity index (χ2n) is 2.36. The van der Waals surface area contributed by atoms with Crippen LogP contribution in [0.1, 0.15) is 0 Å². The van der Waals surface area contributed by atoms with Gasteiger partial charge in [-0.05, 0) is 12.1 Å². The number of benzene rings is 1. The molecule has 0 radical (unpaired) electrons. The standard InChI is InChI=1S/C7H5Cl2N3/c8-4-2-1-3-5-6(4)11-7(10)12(5)9/h1-3H,(H2,10,11). The Bertz CT molecular complexity index is 435. The molecule has 0 unspecified atom stereocenters. The lowest BCUT2D eigenvalue weighted by Crippen LogP contribution is -1.90. The third kappa shape index (κ3) is 0.940. The Morgan fingerprint density at radius 3 is 2.83 bits per heavy atom. The van der Waals surface area contributed by atoms with E-state index in [0.717, 1.165) is 5.52 Å². The van der Waals surface area contributed by atoms with Crippen LogP contribution in [0.2, 0.25) is 5.02 Å². The number of aromatic nitrogens is 2. The number of fused-ring (bicyclic) bond motifs is 1. The van der Waals surface area contributed by atoms with E-state index in [2.05, 4.69) is 4.98 Å². The number of para-hydroxylation sites is 1. The molecule has 0 aliphatic rings. The van der Waals surface area contributed by atoms with E-state index in [0.29, 0.717) is 10.5 Å². The molecule has 2 N–H and O–H groups in total. The lowest BCUT2D eigenvalue weighted by molar-refractivity contribution is 1.26. The highest BCUT2D eigenvalue weighted by Crippen LogP contribution is 2.25. The van der Waals surface area contributed by atoms with Crippen molar-refractivity contribution in [1.29, 1.82) is 0 Å². The SMILES string of the molecule is Nc1nc2c(Cl)cccc2n1Cl. The Kier molecular flexibility index (Phi) is 1.63. The van der Waals surface area contributed by atoms with Gasteiger partial charge in [0.2, 0.25) is 5.95 Å². The van der Waals surface area contributed by atoms with Crippen LogP contribution in [0.4, 0.5) is 5.95 Å². The summed E-state index contributed by atoms with van der Waals surface area (Å²) in [4.78, 5) is 3.99. The van der Waals surface area contributed by atoms with Gasteiger partial charge in [0.1, 0.15) is 5.52 Å². The molecule has 62 valence electrons. The molecule has 3 nitrogen and oxygen atoms in total. The summed E-state index contributed by atoms with van der Waals surface area (Å²) in [6.45, 7) is 0. The smallest absolute Gasteiger partial charge is 0.216 e. The zero-order valence-corrected chi connectivity index (χ0v) is 7.47. The van der Waals surface area contributed by atoms with Crippen LogP contribution in [0.25, 0.3) is 11.0 Å². The fraction of sp³-hybridized carbons (Fsp3) is 0. The number of halogens is 2. The molecule has 1 aromatic carbocycles. The minimum absolute atomic E-state index is 0.250. The summed E-state index contributed by atoms with van der Waals surface area (Å²) in [5.41, 5.74) is 6.84. The van der Waals surface area contributed by atoms with Gasteiger partial charge in [0.25, 0.3) is 0 Å². The molecule has 2 rings (SSSR count). The van der Waals surface area contributed by atoms with E-state index in [1.807, 2.05) is 0 Å². The van der Waals surface area contributed by atoms with Gasteiger partial charge in [-0.15, -0.1) is 0 Å². The van der Waals surface area contributed by atoms with Gasteiger partial charge < -0.3 is 5.73 Å². The largest absolute Gasteiger partial charge is 0.368 e. The van der Waals surface area contributed by atoms with Crippen LogP contribution in [0, 0.1) is 0 Å². The average molecular weight is 202 g/mol. The molecule has 0 bridgehead atoms. The first-order valence-corrected chi connectivity index (χ1v) is 4.00. The molecule has 0 spiro atoms. The van der Waals surface area contributed by atoms with Crippen LogP contribution in [-0.2, 0) is 0 Å². The molecular formula is C7H5Cl2N3.